The quantitative estimate of drug-likeness (QED) is 0.677. The minimum atomic E-state index is -0.0778. The van der Waals surface area contributed by atoms with Crippen molar-refractivity contribution in [1.82, 2.24) is 15.1 Å². The van der Waals surface area contributed by atoms with E-state index in [1.54, 1.807) is 4.90 Å². The first-order valence-corrected chi connectivity index (χ1v) is 6.87. The van der Waals surface area contributed by atoms with E-state index in [4.69, 9.17) is 5.73 Å². The summed E-state index contributed by atoms with van der Waals surface area (Å²) in [4.78, 5) is 27.5. The van der Waals surface area contributed by atoms with Gasteiger partial charge in [0.25, 0.3) is 0 Å². The third kappa shape index (κ3) is 3.26. The third-order valence-electron chi connectivity index (χ3n) is 3.64. The maximum Gasteiger partial charge on any atom is 0.317 e. The van der Waals surface area contributed by atoms with E-state index < -0.39 is 0 Å². The van der Waals surface area contributed by atoms with Crippen LogP contribution in [0.4, 0.5) is 4.79 Å². The topological polar surface area (TPSA) is 78.7 Å². The second-order valence-electron chi connectivity index (χ2n) is 5.04. The number of urea groups is 1. The molecule has 6 nitrogen and oxygen atoms in total. The Morgan fingerprint density at radius 3 is 2.37 bits per heavy atom. The van der Waals surface area contributed by atoms with Gasteiger partial charge in [-0.3, -0.25) is 4.79 Å². The number of amides is 3. The molecule has 0 saturated carbocycles. The molecule has 0 radical (unpaired) electrons. The van der Waals surface area contributed by atoms with Crippen LogP contribution in [0.15, 0.2) is 12.2 Å². The first-order valence-electron chi connectivity index (χ1n) is 6.87. The van der Waals surface area contributed by atoms with E-state index >= 15 is 0 Å². The molecule has 0 bridgehead atoms. The molecule has 6 heteroatoms. The van der Waals surface area contributed by atoms with Crippen LogP contribution < -0.4 is 11.1 Å². The van der Waals surface area contributed by atoms with Gasteiger partial charge < -0.3 is 20.9 Å². The molecule has 3 amide bonds. The van der Waals surface area contributed by atoms with Crippen LogP contribution in [-0.2, 0) is 4.79 Å². The van der Waals surface area contributed by atoms with Gasteiger partial charge in [-0.1, -0.05) is 12.2 Å². The Bertz CT molecular complexity index is 375. The fourth-order valence-corrected chi connectivity index (χ4v) is 2.54. The lowest BCUT2D eigenvalue weighted by Crippen LogP contribution is -2.54. The van der Waals surface area contributed by atoms with Crippen LogP contribution in [-0.4, -0.2) is 60.5 Å². The zero-order valence-corrected chi connectivity index (χ0v) is 11.3. The minimum absolute atomic E-state index is 0.00516. The van der Waals surface area contributed by atoms with Crippen LogP contribution in [0.25, 0.3) is 0 Å². The molecule has 19 heavy (non-hydrogen) atoms. The van der Waals surface area contributed by atoms with Crippen molar-refractivity contribution >= 4 is 11.9 Å². The summed E-state index contributed by atoms with van der Waals surface area (Å²) in [6.07, 6.45) is 4.51. The van der Waals surface area contributed by atoms with Crippen LogP contribution in [0.1, 0.15) is 13.3 Å². The number of hydrogen-bond acceptors (Lipinski definition) is 3. The average Bonchev–Trinajstić information content (AvgIpc) is 2.85. The summed E-state index contributed by atoms with van der Waals surface area (Å²) in [6, 6.07) is -0.0389. The highest BCUT2D eigenvalue weighted by atomic mass is 16.2. The zero-order valence-electron chi connectivity index (χ0n) is 11.3. The van der Waals surface area contributed by atoms with Gasteiger partial charge in [-0.2, -0.15) is 0 Å². The van der Waals surface area contributed by atoms with Gasteiger partial charge in [0.05, 0.1) is 5.92 Å². The summed E-state index contributed by atoms with van der Waals surface area (Å²) >= 11 is 0. The van der Waals surface area contributed by atoms with Crippen molar-refractivity contribution in [3.63, 3.8) is 0 Å². The van der Waals surface area contributed by atoms with Gasteiger partial charge in [-0.25, -0.2) is 4.79 Å². The Labute approximate surface area is 113 Å². The smallest absolute Gasteiger partial charge is 0.317 e. The highest BCUT2D eigenvalue weighted by molar-refractivity contribution is 5.82. The van der Waals surface area contributed by atoms with E-state index in [2.05, 4.69) is 5.32 Å². The molecular formula is C13H22N4O2. The average molecular weight is 266 g/mol. The highest BCUT2D eigenvalue weighted by Crippen LogP contribution is 2.19. The van der Waals surface area contributed by atoms with Crippen molar-refractivity contribution in [3.05, 3.63) is 12.2 Å². The molecule has 0 aromatic rings. The van der Waals surface area contributed by atoms with Crippen molar-refractivity contribution in [3.8, 4) is 0 Å². The van der Waals surface area contributed by atoms with Crippen molar-refractivity contribution in [2.24, 2.45) is 11.7 Å². The highest BCUT2D eigenvalue weighted by Gasteiger charge is 2.30. The molecule has 1 aliphatic carbocycles. The number of nitrogens with one attached hydrogen (secondary N) is 1. The van der Waals surface area contributed by atoms with Crippen LogP contribution in [0.5, 0.6) is 0 Å². The molecule has 2 atom stereocenters. The van der Waals surface area contributed by atoms with Gasteiger partial charge in [-0.15, -0.1) is 0 Å². The second kappa shape index (κ2) is 6.06. The number of nitrogens with two attached hydrogens (primary N) is 1. The van der Waals surface area contributed by atoms with Gasteiger partial charge in [0.2, 0.25) is 5.91 Å². The van der Waals surface area contributed by atoms with E-state index in [-0.39, 0.29) is 23.9 Å². The van der Waals surface area contributed by atoms with Crippen molar-refractivity contribution in [1.29, 1.82) is 0 Å². The van der Waals surface area contributed by atoms with Gasteiger partial charge in [0, 0.05) is 38.8 Å². The molecule has 106 valence electrons. The normalized spacial score (nSPS) is 26.6. The lowest BCUT2D eigenvalue weighted by atomic mass is 10.1. The van der Waals surface area contributed by atoms with Crippen LogP contribution in [0.2, 0.25) is 0 Å². The molecule has 0 spiro atoms. The maximum absolute atomic E-state index is 12.2. The summed E-state index contributed by atoms with van der Waals surface area (Å²) in [5, 5.41) is 2.78. The molecule has 1 aliphatic heterocycles. The van der Waals surface area contributed by atoms with Gasteiger partial charge in [-0.05, 0) is 13.3 Å². The summed E-state index contributed by atoms with van der Waals surface area (Å²) in [6.45, 7) is 4.93. The fourth-order valence-electron chi connectivity index (χ4n) is 2.54. The zero-order chi connectivity index (χ0) is 13.8. The van der Waals surface area contributed by atoms with Crippen molar-refractivity contribution in [2.75, 3.05) is 32.7 Å². The van der Waals surface area contributed by atoms with Crippen LogP contribution in [0, 0.1) is 5.92 Å². The van der Waals surface area contributed by atoms with Crippen LogP contribution in [0.3, 0.4) is 0 Å². The molecule has 0 aromatic heterocycles. The summed E-state index contributed by atoms with van der Waals surface area (Å²) in [5.74, 6) is 0.0609. The molecule has 2 unspecified atom stereocenters. The van der Waals surface area contributed by atoms with E-state index in [0.717, 1.165) is 0 Å². The Morgan fingerprint density at radius 2 is 1.84 bits per heavy atom. The number of hydrogen-bond donors (Lipinski definition) is 2. The Morgan fingerprint density at radius 1 is 1.21 bits per heavy atom. The van der Waals surface area contributed by atoms with Gasteiger partial charge in [0.15, 0.2) is 0 Å². The lowest BCUT2D eigenvalue weighted by molar-refractivity contribution is -0.135. The summed E-state index contributed by atoms with van der Waals surface area (Å²) in [5.41, 5.74) is 5.77. The Kier molecular flexibility index (Phi) is 4.42. The number of piperazine rings is 1. The molecule has 1 fully saturated rings. The maximum atomic E-state index is 12.2. The second-order valence-corrected chi connectivity index (χ2v) is 5.04. The van der Waals surface area contributed by atoms with Crippen molar-refractivity contribution < 1.29 is 9.59 Å². The Balaban J connectivity index is 1.81. The number of carbonyl (C=O) groups excluding carboxylic acids is 2. The Hall–Kier alpha value is -1.56. The SMILES string of the molecule is CCNC(=O)N1CCN(C(=O)C2C=CC(N)C2)CC1. The molecule has 1 saturated heterocycles. The molecule has 3 N–H and O–H groups in total. The van der Waals surface area contributed by atoms with Gasteiger partial charge in [0.1, 0.15) is 0 Å². The van der Waals surface area contributed by atoms with E-state index in [9.17, 15) is 9.59 Å². The monoisotopic (exact) mass is 266 g/mol. The number of nitrogens with zero attached hydrogens (tertiary/aromatic N) is 2. The summed E-state index contributed by atoms with van der Waals surface area (Å²) in [7, 11) is 0. The predicted octanol–water partition coefficient (Wildman–Crippen LogP) is -0.236. The molecular weight excluding hydrogens is 244 g/mol. The number of carbonyl (C=O) groups is 2. The van der Waals surface area contributed by atoms with E-state index in [1.165, 1.54) is 0 Å². The molecule has 2 aliphatic rings. The van der Waals surface area contributed by atoms with Crippen molar-refractivity contribution in [2.45, 2.75) is 19.4 Å². The third-order valence-corrected chi connectivity index (χ3v) is 3.64. The van der Waals surface area contributed by atoms with Gasteiger partial charge >= 0.3 is 6.03 Å². The fraction of sp³-hybridized carbons (Fsp3) is 0.692. The molecule has 2 rings (SSSR count). The van der Waals surface area contributed by atoms with E-state index in [0.29, 0.717) is 39.1 Å². The first-order chi connectivity index (χ1) is 9.11. The minimum Gasteiger partial charge on any atom is -0.339 e. The number of rotatable bonds is 2. The molecule has 1 heterocycles. The lowest BCUT2D eigenvalue weighted by Gasteiger charge is -2.35. The first kappa shape index (κ1) is 13.9. The summed E-state index contributed by atoms with van der Waals surface area (Å²) < 4.78 is 0. The van der Waals surface area contributed by atoms with E-state index in [1.807, 2.05) is 24.0 Å². The largest absolute Gasteiger partial charge is 0.339 e. The molecule has 0 aromatic carbocycles. The predicted molar refractivity (Wildman–Crippen MR) is 72.4 cm³/mol. The van der Waals surface area contributed by atoms with Crippen LogP contribution >= 0.6 is 0 Å². The standard InChI is InChI=1S/C13H22N4O2/c1-2-15-13(19)17-7-5-16(6-8-17)12(18)10-3-4-11(14)9-10/h3-4,10-11H,2,5-9,14H2,1H3,(H,15,19).